The molecule has 0 spiro atoms. The number of hydrogen-bond donors (Lipinski definition) is 3. The maximum absolute atomic E-state index is 11.8. The highest BCUT2D eigenvalue weighted by molar-refractivity contribution is 5.95. The lowest BCUT2D eigenvalue weighted by Crippen LogP contribution is -2.40. The number of likely N-dealkylation sites (tertiary alicyclic amines) is 1. The molecule has 8 nitrogen and oxygen atoms in total. The highest BCUT2D eigenvalue weighted by atomic mass is 35.5. The minimum atomic E-state index is -0.174. The Bertz CT molecular complexity index is 1090. The highest BCUT2D eigenvalue weighted by Crippen LogP contribution is 2.24. The van der Waals surface area contributed by atoms with Gasteiger partial charge in [0, 0.05) is 56.7 Å². The van der Waals surface area contributed by atoms with Gasteiger partial charge in [-0.15, -0.1) is 37.2 Å². The number of carbonyl (C=O) groups is 1. The Morgan fingerprint density at radius 1 is 1.10 bits per heavy atom. The lowest BCUT2D eigenvalue weighted by Gasteiger charge is -2.33. The molecule has 1 aliphatic rings. The maximum Gasteiger partial charge on any atom is 0.305 e. The number of carbonyl (C=O) groups excluding carboxylic acids is 1. The van der Waals surface area contributed by atoms with Crippen molar-refractivity contribution < 1.29 is 14.3 Å². The topological polar surface area (TPSA) is 116 Å². The van der Waals surface area contributed by atoms with Crippen LogP contribution >= 0.6 is 37.2 Å². The zero-order valence-corrected chi connectivity index (χ0v) is 25.6. The second-order valence-electron chi connectivity index (χ2n) is 9.18. The molecule has 222 valence electrons. The van der Waals surface area contributed by atoms with Crippen LogP contribution in [0.5, 0.6) is 5.75 Å². The monoisotopic (exact) mass is 613 g/mol. The van der Waals surface area contributed by atoms with Crippen LogP contribution in [0.1, 0.15) is 50.7 Å². The van der Waals surface area contributed by atoms with Gasteiger partial charge in [-0.05, 0) is 56.2 Å². The molecule has 0 radical (unpaired) electrons. The van der Waals surface area contributed by atoms with Crippen molar-refractivity contribution in [2.75, 3.05) is 37.7 Å². The van der Waals surface area contributed by atoms with Crippen molar-refractivity contribution >= 4 is 66.6 Å². The molecule has 1 fully saturated rings. The lowest BCUT2D eigenvalue weighted by molar-refractivity contribution is -0.143. The van der Waals surface area contributed by atoms with Crippen molar-refractivity contribution in [2.45, 2.75) is 45.6 Å². The molecule has 0 aliphatic carbocycles. The van der Waals surface area contributed by atoms with Gasteiger partial charge in [-0.1, -0.05) is 30.4 Å². The quantitative estimate of drug-likeness (QED) is 0.155. The number of nitrogens with one attached hydrogen (secondary N) is 2. The largest absolute Gasteiger partial charge is 0.490 e. The summed E-state index contributed by atoms with van der Waals surface area (Å²) in [6.45, 7) is 7.12. The van der Waals surface area contributed by atoms with Gasteiger partial charge in [0.05, 0.1) is 12.4 Å². The number of rotatable bonds is 12. The molecule has 3 rings (SSSR count). The Kier molecular flexibility index (Phi) is 17.8. The third-order valence-electron chi connectivity index (χ3n) is 6.37. The zero-order valence-electron chi connectivity index (χ0n) is 23.1. The number of amidine groups is 2. The van der Waals surface area contributed by atoms with Crippen LogP contribution in [0.15, 0.2) is 54.6 Å². The van der Waals surface area contributed by atoms with E-state index in [0.717, 1.165) is 42.9 Å². The molecule has 4 N–H and O–H groups in total. The van der Waals surface area contributed by atoms with Gasteiger partial charge in [-0.25, -0.2) is 0 Å². The summed E-state index contributed by atoms with van der Waals surface area (Å²) in [4.78, 5) is 16.1. The molecule has 1 aliphatic heterocycles. The van der Waals surface area contributed by atoms with E-state index in [4.69, 9.17) is 26.0 Å². The number of halogens is 3. The third-order valence-corrected chi connectivity index (χ3v) is 6.37. The summed E-state index contributed by atoms with van der Waals surface area (Å²) in [6.07, 6.45) is 7.15. The average molecular weight is 615 g/mol. The van der Waals surface area contributed by atoms with Crippen LogP contribution in [0.2, 0.25) is 0 Å². The zero-order chi connectivity index (χ0) is 26.6. The van der Waals surface area contributed by atoms with Gasteiger partial charge in [-0.2, -0.15) is 0 Å². The molecule has 0 atom stereocenters. The molecule has 0 amide bonds. The van der Waals surface area contributed by atoms with Gasteiger partial charge in [0.1, 0.15) is 17.7 Å². The first kappa shape index (κ1) is 37.1. The molecule has 40 heavy (non-hydrogen) atoms. The van der Waals surface area contributed by atoms with Crippen LogP contribution in [0.25, 0.3) is 6.08 Å². The summed E-state index contributed by atoms with van der Waals surface area (Å²) in [6, 6.07) is 15.7. The molecule has 0 saturated carbocycles. The SMILES string of the molecule is CCOC(=O)CCCN(C/C=C/c1cccc(C(=N)N)c1)c1ccc(OC2CCN(C(C)=N)CC2)cc1.Cl.Cl.Cl. The standard InChI is InChI=1S/C29H39N5O3.3ClH/c1-3-36-28(35)10-6-18-34(17-5-8-23-7-4-9-24(21-23)29(31)32)25-11-13-26(14-12-25)37-27-15-19-33(20-16-27)22(2)30;;;/h4-5,7-9,11-14,21,27,30H,3,6,10,15-20H2,1-2H3,(H3,31,32);3*1H/b8-5+,30-22?;;;. The summed E-state index contributed by atoms with van der Waals surface area (Å²) < 4.78 is 11.3. The smallest absolute Gasteiger partial charge is 0.305 e. The van der Waals surface area contributed by atoms with Gasteiger partial charge >= 0.3 is 5.97 Å². The third kappa shape index (κ3) is 12.1. The number of esters is 1. The molecule has 2 aromatic rings. The van der Waals surface area contributed by atoms with Crippen LogP contribution < -0.4 is 15.4 Å². The molecule has 0 bridgehead atoms. The van der Waals surface area contributed by atoms with E-state index in [9.17, 15) is 4.79 Å². The van der Waals surface area contributed by atoms with E-state index in [1.807, 2.05) is 56.3 Å². The predicted molar refractivity (Wildman–Crippen MR) is 171 cm³/mol. The Morgan fingerprint density at radius 2 is 1.77 bits per heavy atom. The van der Waals surface area contributed by atoms with Gasteiger partial charge in [0.15, 0.2) is 0 Å². The van der Waals surface area contributed by atoms with Crippen LogP contribution in [0.4, 0.5) is 5.69 Å². The fourth-order valence-corrected chi connectivity index (χ4v) is 4.34. The Hall–Kier alpha value is -2.94. The number of nitrogens with two attached hydrogens (primary N) is 1. The fourth-order valence-electron chi connectivity index (χ4n) is 4.34. The number of anilines is 1. The van der Waals surface area contributed by atoms with Gasteiger partial charge < -0.3 is 25.0 Å². The average Bonchev–Trinajstić information content (AvgIpc) is 2.89. The second kappa shape index (κ2) is 19.2. The predicted octanol–water partition coefficient (Wildman–Crippen LogP) is 5.94. The maximum atomic E-state index is 11.8. The summed E-state index contributed by atoms with van der Waals surface area (Å²) in [5.74, 6) is 1.34. The normalized spacial score (nSPS) is 12.9. The van der Waals surface area contributed by atoms with Gasteiger partial charge in [0.25, 0.3) is 0 Å². The van der Waals surface area contributed by atoms with E-state index in [1.54, 1.807) is 0 Å². The van der Waals surface area contributed by atoms with Crippen molar-refractivity contribution in [3.63, 3.8) is 0 Å². The number of piperidine rings is 1. The highest BCUT2D eigenvalue weighted by Gasteiger charge is 2.20. The van der Waals surface area contributed by atoms with Crippen molar-refractivity contribution in [1.82, 2.24) is 4.90 Å². The Balaban J connectivity index is 0.00000507. The summed E-state index contributed by atoms with van der Waals surface area (Å²) in [5, 5.41) is 15.4. The van der Waals surface area contributed by atoms with E-state index in [-0.39, 0.29) is 55.1 Å². The first-order chi connectivity index (χ1) is 17.9. The minimum absolute atomic E-state index is 0. The van der Waals surface area contributed by atoms with Crippen molar-refractivity contribution in [1.29, 1.82) is 10.8 Å². The molecule has 1 saturated heterocycles. The van der Waals surface area contributed by atoms with Crippen LogP contribution in [-0.2, 0) is 9.53 Å². The number of ether oxygens (including phenoxy) is 2. The molecule has 0 aromatic heterocycles. The summed E-state index contributed by atoms with van der Waals surface area (Å²) in [5.41, 5.74) is 8.34. The van der Waals surface area contributed by atoms with Crippen molar-refractivity contribution in [2.24, 2.45) is 5.73 Å². The van der Waals surface area contributed by atoms with Crippen molar-refractivity contribution in [3.8, 4) is 5.75 Å². The number of benzene rings is 2. The van der Waals surface area contributed by atoms with E-state index < -0.39 is 0 Å². The van der Waals surface area contributed by atoms with Gasteiger partial charge in [0.2, 0.25) is 0 Å². The fraction of sp³-hybridized carbons (Fsp3) is 0.414. The van der Waals surface area contributed by atoms with E-state index >= 15 is 0 Å². The van der Waals surface area contributed by atoms with E-state index in [0.29, 0.717) is 43.9 Å². The van der Waals surface area contributed by atoms with Gasteiger partial charge in [-0.3, -0.25) is 15.6 Å². The second-order valence-corrected chi connectivity index (χ2v) is 9.18. The number of nitrogens with zero attached hydrogens (tertiary/aromatic N) is 2. The lowest BCUT2D eigenvalue weighted by atomic mass is 10.1. The summed E-state index contributed by atoms with van der Waals surface area (Å²) >= 11 is 0. The summed E-state index contributed by atoms with van der Waals surface area (Å²) in [7, 11) is 0. The van der Waals surface area contributed by atoms with Crippen LogP contribution in [0.3, 0.4) is 0 Å². The molecule has 1 heterocycles. The van der Waals surface area contributed by atoms with Crippen molar-refractivity contribution in [3.05, 3.63) is 65.7 Å². The Labute approximate surface area is 256 Å². The van der Waals surface area contributed by atoms with Crippen LogP contribution in [0, 0.1) is 10.8 Å². The Morgan fingerprint density at radius 3 is 2.38 bits per heavy atom. The number of hydrogen-bond acceptors (Lipinski definition) is 6. The molecule has 0 unspecified atom stereocenters. The molecular weight excluding hydrogens is 573 g/mol. The van der Waals surface area contributed by atoms with E-state index in [2.05, 4.69) is 28.0 Å². The molecule has 11 heteroatoms. The molecule has 2 aromatic carbocycles. The van der Waals surface area contributed by atoms with Crippen LogP contribution in [-0.4, -0.2) is 61.4 Å². The number of nitrogen functional groups attached to an aromatic ring is 1. The van der Waals surface area contributed by atoms with E-state index in [1.165, 1.54) is 0 Å². The minimum Gasteiger partial charge on any atom is -0.490 e. The first-order valence-corrected chi connectivity index (χ1v) is 12.9. The molecular formula is C29H42Cl3N5O3. The first-order valence-electron chi connectivity index (χ1n) is 12.9.